The van der Waals surface area contributed by atoms with Crippen molar-refractivity contribution < 1.29 is 59.7 Å². The van der Waals surface area contributed by atoms with Crippen molar-refractivity contribution in [3.8, 4) is 5.88 Å². The number of rotatable bonds is 10. The second kappa shape index (κ2) is 17.3. The Morgan fingerprint density at radius 1 is 1.11 bits per heavy atom. The first kappa shape index (κ1) is 46.3. The van der Waals surface area contributed by atoms with E-state index in [0.717, 1.165) is 16.0 Å². The number of halogens is 4. The number of morpholine rings is 1. The largest absolute Gasteiger partial charge is 0.472 e. The highest BCUT2D eigenvalue weighted by Gasteiger charge is 2.64. The zero-order chi connectivity index (χ0) is 45.7. The molecule has 2 aromatic rings. The summed E-state index contributed by atoms with van der Waals surface area (Å²) in [5.41, 5.74) is -4.07. The lowest BCUT2D eigenvalue weighted by Crippen LogP contribution is -2.66. The van der Waals surface area contributed by atoms with Crippen molar-refractivity contribution in [2.75, 3.05) is 44.4 Å². The average Bonchev–Trinajstić information content (AvgIpc) is 4.14. The number of benzene rings is 1. The molecule has 2 saturated carbocycles. The maximum absolute atomic E-state index is 15.3. The lowest BCUT2D eigenvalue weighted by atomic mass is 9.82. The molecule has 2 aliphatic carbocycles. The van der Waals surface area contributed by atoms with Gasteiger partial charge in [0.15, 0.2) is 0 Å². The molecule has 4 fully saturated rings. The summed E-state index contributed by atoms with van der Waals surface area (Å²) in [6.45, 7) is 5.61. The Labute approximate surface area is 363 Å². The number of alkyl halides is 4. The number of hydrogen-bond donors (Lipinski definition) is 3. The van der Waals surface area contributed by atoms with Gasteiger partial charge in [-0.3, -0.25) is 24.0 Å². The predicted molar refractivity (Wildman–Crippen MR) is 223 cm³/mol. The number of allylic oxidation sites excluding steroid dienone is 1. The first-order chi connectivity index (χ1) is 29.7. The maximum Gasteiger partial charge on any atom is 0.411 e. The Morgan fingerprint density at radius 3 is 2.41 bits per heavy atom. The van der Waals surface area contributed by atoms with Crippen LogP contribution in [0.2, 0.25) is 0 Å². The number of hydrogen-bond acceptors (Lipinski definition) is 10. The lowest BCUT2D eigenvalue weighted by Gasteiger charge is -2.46. The maximum atomic E-state index is 15.3. The van der Waals surface area contributed by atoms with Crippen molar-refractivity contribution in [1.29, 1.82) is 0 Å². The number of nitrogens with one attached hydrogen (secondary N) is 2. The number of carboxylic acid groups (broad SMARTS) is 1. The van der Waals surface area contributed by atoms with Crippen LogP contribution in [0.3, 0.4) is 0 Å². The second-order valence-electron chi connectivity index (χ2n) is 18.3. The molecule has 1 aromatic carbocycles. The van der Waals surface area contributed by atoms with Gasteiger partial charge in [-0.05, 0) is 70.3 Å². The van der Waals surface area contributed by atoms with Crippen molar-refractivity contribution in [1.82, 2.24) is 24.8 Å². The molecule has 20 heteroatoms. The van der Waals surface area contributed by atoms with Crippen LogP contribution in [0.15, 0.2) is 42.6 Å². The quantitative estimate of drug-likeness (QED) is 0.207. The van der Waals surface area contributed by atoms with Crippen molar-refractivity contribution in [3.05, 3.63) is 42.6 Å². The van der Waals surface area contributed by atoms with Crippen LogP contribution in [0.1, 0.15) is 79.1 Å². The monoisotopic (exact) mass is 908 g/mol. The van der Waals surface area contributed by atoms with Gasteiger partial charge in [0.25, 0.3) is 5.91 Å². The SMILES string of the molecule is CC[C@@H]1C[C@H](C)CC/C=C\[C@@H]2C[C@@]2(C(=O)NS(=O)(=O)C2(CF)CC2)NC(=O)[C@@H]2C[C@@H](Oc3ncc(N4CCOCC4)c4ccccc34)CN2C(=O)[C@H]1N(C(=O)O)C(C)(C)C(F)(F)F. The van der Waals surface area contributed by atoms with Crippen molar-refractivity contribution in [2.24, 2.45) is 17.8 Å². The molecule has 4 amide bonds. The van der Waals surface area contributed by atoms with Crippen LogP contribution in [0.4, 0.5) is 28.0 Å². The van der Waals surface area contributed by atoms with Crippen LogP contribution >= 0.6 is 0 Å². The summed E-state index contributed by atoms with van der Waals surface area (Å²) >= 11 is 0. The standard InChI is InChI=1S/C43H56F4N6O9S/c1-5-27-20-26(2)10-6-7-11-28-22-42(28,38(56)50-63(59,60)41(25-44)14-15-41)49-35(54)32-21-29(24-52(32)37(55)34(27)53(39(57)58)40(3,4)43(45,46)47)62-36-31-13-9-8-12-30(31)33(23-48-36)51-16-18-61-19-17-51/h7-9,11-13,23,26-29,32,34H,5-6,10,14-22,24-25H2,1-4H3,(H,49,54)(H,50,56)(H,57,58)/b11-7-/t26-,27-,28-,29-,32+,34+,42-/m1/s1. The molecule has 3 N–H and O–H groups in total. The molecular formula is C43H56F4N6O9S. The summed E-state index contributed by atoms with van der Waals surface area (Å²) < 4.78 is 97.4. The van der Waals surface area contributed by atoms with Crippen LogP contribution in [-0.2, 0) is 29.1 Å². The Kier molecular flexibility index (Phi) is 12.7. The predicted octanol–water partition coefficient (Wildman–Crippen LogP) is 5.33. The Morgan fingerprint density at radius 2 is 1.79 bits per heavy atom. The molecule has 3 aliphatic heterocycles. The number of anilines is 1. The molecule has 15 nitrogen and oxygen atoms in total. The number of carbonyl (C=O) groups excluding carboxylic acids is 3. The van der Waals surface area contributed by atoms with Gasteiger partial charge in [-0.2, -0.15) is 13.2 Å². The van der Waals surface area contributed by atoms with E-state index in [2.05, 4.69) is 15.2 Å². The summed E-state index contributed by atoms with van der Waals surface area (Å²) in [5.74, 6) is -4.76. The number of fused-ring (bicyclic) bond motifs is 3. The molecule has 0 spiro atoms. The molecule has 7 rings (SSSR count). The van der Waals surface area contributed by atoms with E-state index in [-0.39, 0.29) is 61.8 Å². The van der Waals surface area contributed by atoms with E-state index in [4.69, 9.17) is 9.47 Å². The van der Waals surface area contributed by atoms with Crippen LogP contribution < -0.4 is 19.7 Å². The van der Waals surface area contributed by atoms with Crippen LogP contribution in [0, 0.1) is 17.8 Å². The zero-order valence-electron chi connectivity index (χ0n) is 35.8. The first-order valence-electron chi connectivity index (χ1n) is 21.6. The van der Waals surface area contributed by atoms with Crippen LogP contribution in [0.5, 0.6) is 5.88 Å². The molecule has 0 unspecified atom stereocenters. The highest BCUT2D eigenvalue weighted by Crippen LogP contribution is 2.48. The van der Waals surface area contributed by atoms with Crippen LogP contribution in [0.25, 0.3) is 10.8 Å². The summed E-state index contributed by atoms with van der Waals surface area (Å²) in [5, 5.41) is 14.7. The van der Waals surface area contributed by atoms with Gasteiger partial charge in [-0.1, -0.05) is 50.6 Å². The van der Waals surface area contributed by atoms with Gasteiger partial charge in [-0.15, -0.1) is 0 Å². The molecule has 0 radical (unpaired) electrons. The smallest absolute Gasteiger partial charge is 0.411 e. The topological polar surface area (TPSA) is 188 Å². The number of pyridine rings is 1. The van der Waals surface area contributed by atoms with Gasteiger partial charge >= 0.3 is 12.3 Å². The fourth-order valence-corrected chi connectivity index (χ4v) is 10.8. The molecular weight excluding hydrogens is 853 g/mol. The van der Waals surface area contributed by atoms with Gasteiger partial charge < -0.3 is 29.7 Å². The van der Waals surface area contributed by atoms with Gasteiger partial charge in [0.05, 0.1) is 31.6 Å². The van der Waals surface area contributed by atoms with Crippen molar-refractivity contribution >= 4 is 50.3 Å². The summed E-state index contributed by atoms with van der Waals surface area (Å²) in [4.78, 5) is 65.1. The Bertz CT molecular complexity index is 2230. The van der Waals surface area contributed by atoms with E-state index in [9.17, 15) is 45.5 Å². The molecule has 4 heterocycles. The third-order valence-corrected chi connectivity index (χ3v) is 15.8. The van der Waals surface area contributed by atoms with Gasteiger partial charge in [-0.25, -0.2) is 22.6 Å². The first-order valence-corrected chi connectivity index (χ1v) is 23.1. The third kappa shape index (κ3) is 8.77. The fourth-order valence-electron chi connectivity index (χ4n) is 9.38. The number of carbonyl (C=O) groups is 4. The molecule has 346 valence electrons. The van der Waals surface area contributed by atoms with Gasteiger partial charge in [0.2, 0.25) is 27.7 Å². The highest BCUT2D eigenvalue weighted by atomic mass is 32.2. The molecule has 0 bridgehead atoms. The van der Waals surface area contributed by atoms with E-state index >= 15 is 4.79 Å². The third-order valence-electron chi connectivity index (χ3n) is 13.7. The number of ether oxygens (including phenoxy) is 2. The van der Waals surface area contributed by atoms with Crippen LogP contribution in [-0.4, -0.2) is 132 Å². The van der Waals surface area contributed by atoms with Gasteiger partial charge in [0, 0.05) is 36.2 Å². The average molecular weight is 909 g/mol. The normalized spacial score (nSPS) is 29.7. The second-order valence-corrected chi connectivity index (χ2v) is 20.3. The summed E-state index contributed by atoms with van der Waals surface area (Å²) in [7, 11) is -4.51. The number of sulfonamides is 1. The molecule has 63 heavy (non-hydrogen) atoms. The van der Waals surface area contributed by atoms with E-state index in [1.165, 1.54) is 0 Å². The number of aromatic nitrogens is 1. The minimum absolute atomic E-state index is 0.00599. The fraction of sp³-hybridized carbons (Fsp3) is 0.651. The van der Waals surface area contributed by atoms with Crippen molar-refractivity contribution in [3.63, 3.8) is 0 Å². The van der Waals surface area contributed by atoms with E-state index < -0.39 is 92.5 Å². The number of amides is 4. The van der Waals surface area contributed by atoms with E-state index in [1.807, 2.05) is 23.8 Å². The Balaban J connectivity index is 1.29. The lowest BCUT2D eigenvalue weighted by molar-refractivity contribution is -0.222. The molecule has 7 atom stereocenters. The molecule has 5 aliphatic rings. The summed E-state index contributed by atoms with van der Waals surface area (Å²) in [6.07, 6.45) is -2.10. The minimum Gasteiger partial charge on any atom is -0.472 e. The molecule has 2 saturated heterocycles. The van der Waals surface area contributed by atoms with Crippen molar-refractivity contribution in [2.45, 2.75) is 119 Å². The van der Waals surface area contributed by atoms with Gasteiger partial charge in [0.1, 0.15) is 40.7 Å². The molecule has 1 aromatic heterocycles. The van der Waals surface area contributed by atoms with E-state index in [0.29, 0.717) is 58.4 Å². The van der Waals surface area contributed by atoms with E-state index in [1.54, 1.807) is 37.4 Å². The number of nitrogens with zero attached hydrogens (tertiary/aromatic N) is 4. The summed E-state index contributed by atoms with van der Waals surface area (Å²) in [6, 6.07) is 3.89. The zero-order valence-corrected chi connectivity index (χ0v) is 36.6. The minimum atomic E-state index is -5.12. The highest BCUT2D eigenvalue weighted by molar-refractivity contribution is 7.91. The Hall–Kier alpha value is -4.72.